The van der Waals surface area contributed by atoms with E-state index in [1.807, 2.05) is 24.3 Å². The van der Waals surface area contributed by atoms with E-state index >= 15 is 0 Å². The van der Waals surface area contributed by atoms with Crippen molar-refractivity contribution < 1.29 is 37.8 Å². The third kappa shape index (κ3) is 5.41. The number of carboxylic acids is 1. The average molecular weight is 570 g/mol. The van der Waals surface area contributed by atoms with E-state index in [2.05, 4.69) is 0 Å². The van der Waals surface area contributed by atoms with Crippen LogP contribution >= 0.6 is 0 Å². The molecule has 1 amide bonds. The molecule has 1 saturated heterocycles. The second-order valence-corrected chi connectivity index (χ2v) is 12.2. The predicted octanol–water partition coefficient (Wildman–Crippen LogP) is 3.75. The zero-order chi connectivity index (χ0) is 28.4. The molecule has 0 aliphatic carbocycles. The Labute approximate surface area is 231 Å². The minimum Gasteiger partial charge on any atom is -0.481 e. The predicted molar refractivity (Wildman–Crippen MR) is 145 cm³/mol. The average Bonchev–Trinajstić information content (AvgIpc) is 3.29. The maximum absolute atomic E-state index is 13.6. The first-order valence-corrected chi connectivity index (χ1v) is 14.8. The van der Waals surface area contributed by atoms with Crippen LogP contribution in [-0.4, -0.2) is 75.4 Å². The second kappa shape index (κ2) is 11.3. The van der Waals surface area contributed by atoms with Crippen LogP contribution in [0.3, 0.4) is 0 Å². The molecule has 0 radical (unpaired) electrons. The number of carboxylic acid groups (broad SMARTS) is 2. The Balaban J connectivity index is 1.36. The molecule has 2 aliphatic heterocycles. The molecule has 40 heavy (non-hydrogen) atoms. The summed E-state index contributed by atoms with van der Waals surface area (Å²) in [6.45, 7) is 0.210. The minimum atomic E-state index is -4.14. The van der Waals surface area contributed by atoms with Crippen molar-refractivity contribution in [3.63, 3.8) is 0 Å². The minimum absolute atomic E-state index is 0.0205. The molecule has 0 spiro atoms. The van der Waals surface area contributed by atoms with Crippen LogP contribution in [0.2, 0.25) is 0 Å². The molecule has 1 fully saturated rings. The van der Waals surface area contributed by atoms with Crippen LogP contribution in [-0.2, 0) is 39.1 Å². The third-order valence-corrected chi connectivity index (χ3v) is 9.65. The van der Waals surface area contributed by atoms with Gasteiger partial charge in [0.2, 0.25) is 10.0 Å². The van der Waals surface area contributed by atoms with E-state index in [0.29, 0.717) is 36.9 Å². The number of amides is 1. The molecule has 2 aliphatic rings. The van der Waals surface area contributed by atoms with Crippen LogP contribution in [0.25, 0.3) is 10.9 Å². The maximum Gasteiger partial charge on any atom is 0.416 e. The summed E-state index contributed by atoms with van der Waals surface area (Å²) in [4.78, 5) is 38.8. The van der Waals surface area contributed by atoms with Crippen LogP contribution in [0.4, 0.5) is 9.59 Å². The van der Waals surface area contributed by atoms with Gasteiger partial charge in [-0.3, -0.25) is 4.79 Å². The molecule has 0 saturated carbocycles. The van der Waals surface area contributed by atoms with E-state index in [1.54, 1.807) is 30.3 Å². The Hall–Kier alpha value is -3.90. The zero-order valence-corrected chi connectivity index (χ0v) is 22.6. The van der Waals surface area contributed by atoms with Gasteiger partial charge in [0, 0.05) is 30.2 Å². The summed E-state index contributed by atoms with van der Waals surface area (Å²) in [6.07, 6.45) is 0.0596. The van der Waals surface area contributed by atoms with Gasteiger partial charge in [0.1, 0.15) is 6.61 Å². The number of ether oxygens (including phenoxy) is 1. The lowest BCUT2D eigenvalue weighted by molar-refractivity contribution is -0.143. The lowest BCUT2D eigenvalue weighted by Gasteiger charge is -2.38. The number of carbonyl (C=O) groups excluding carboxylic acids is 1. The van der Waals surface area contributed by atoms with Crippen LogP contribution in [0.5, 0.6) is 0 Å². The van der Waals surface area contributed by atoms with Crippen molar-refractivity contribution in [1.82, 2.24) is 13.8 Å². The van der Waals surface area contributed by atoms with Crippen molar-refractivity contribution in [2.75, 3.05) is 18.8 Å². The molecule has 11 nitrogen and oxygen atoms in total. The first-order chi connectivity index (χ1) is 19.2. The van der Waals surface area contributed by atoms with Crippen molar-refractivity contribution in [3.05, 3.63) is 71.4 Å². The highest BCUT2D eigenvalue weighted by atomic mass is 32.2. The molecule has 5 rings (SSSR count). The number of piperidine rings is 1. The molecular formula is C28H31N3O8S. The number of likely N-dealkylation sites (tertiary alicyclic amines) is 1. The van der Waals surface area contributed by atoms with E-state index in [4.69, 9.17) is 4.74 Å². The van der Waals surface area contributed by atoms with Gasteiger partial charge in [-0.25, -0.2) is 22.6 Å². The number of benzene rings is 2. The number of fused-ring (bicyclic) bond motifs is 3. The van der Waals surface area contributed by atoms with Gasteiger partial charge >= 0.3 is 18.2 Å². The molecule has 3 aromatic rings. The molecule has 212 valence electrons. The number of rotatable bonds is 7. The molecule has 1 aromatic heterocycles. The topological polar surface area (TPSA) is 146 Å². The quantitative estimate of drug-likeness (QED) is 0.437. The number of aliphatic carboxylic acids is 1. The second-order valence-electron chi connectivity index (χ2n) is 10.2. The molecular weight excluding hydrogens is 538 g/mol. The van der Waals surface area contributed by atoms with Gasteiger partial charge in [-0.2, -0.15) is 4.31 Å². The standard InChI is InChI=1S/C28H31N3O8S/c32-26(33)22(23-11-6-7-14-30(23)28(36)39-17-19-8-2-1-3-9-19)18-40(37,38)29-15-13-21-20-10-4-5-12-24(20)31(27(34)35)25(21)16-29/h1-5,8-10,12,22-23H,6-7,11,13-18H2,(H,32,33)(H,34,35). The van der Waals surface area contributed by atoms with Gasteiger partial charge in [-0.1, -0.05) is 48.5 Å². The summed E-state index contributed by atoms with van der Waals surface area (Å²) in [5.41, 5.74) is 2.40. The fraction of sp³-hybridized carbons (Fsp3) is 0.393. The first-order valence-electron chi connectivity index (χ1n) is 13.2. The van der Waals surface area contributed by atoms with E-state index in [9.17, 15) is 33.0 Å². The summed E-state index contributed by atoms with van der Waals surface area (Å²) < 4.78 is 34.9. The van der Waals surface area contributed by atoms with E-state index in [0.717, 1.165) is 25.4 Å². The zero-order valence-electron chi connectivity index (χ0n) is 21.8. The Morgan fingerprint density at radius 1 is 0.975 bits per heavy atom. The highest BCUT2D eigenvalue weighted by Gasteiger charge is 2.42. The number of carbonyl (C=O) groups is 3. The summed E-state index contributed by atoms with van der Waals surface area (Å²) in [7, 11) is -4.14. The number of nitrogens with zero attached hydrogens (tertiary/aromatic N) is 3. The van der Waals surface area contributed by atoms with Crippen molar-refractivity contribution >= 4 is 39.1 Å². The molecule has 2 N–H and O–H groups in total. The number of sulfonamides is 1. The van der Waals surface area contributed by atoms with Crippen LogP contribution in [0.15, 0.2) is 54.6 Å². The Kier molecular flexibility index (Phi) is 7.81. The van der Waals surface area contributed by atoms with E-state index < -0.39 is 45.9 Å². The number of hydrogen-bond donors (Lipinski definition) is 2. The monoisotopic (exact) mass is 569 g/mol. The SMILES string of the molecule is O=C(O)C(CS(=O)(=O)N1CCc2c(n(C(=O)O)c3ccccc23)C1)C1CCCCN1C(=O)OCc1ccccc1. The van der Waals surface area contributed by atoms with Crippen molar-refractivity contribution in [3.8, 4) is 0 Å². The van der Waals surface area contributed by atoms with Crippen LogP contribution in [0.1, 0.15) is 36.1 Å². The lowest BCUT2D eigenvalue weighted by Crippen LogP contribution is -2.52. The number of hydrogen-bond acceptors (Lipinski definition) is 6. The van der Waals surface area contributed by atoms with Gasteiger partial charge in [0.15, 0.2) is 0 Å². The Morgan fingerprint density at radius 2 is 1.70 bits per heavy atom. The van der Waals surface area contributed by atoms with Gasteiger partial charge in [0.05, 0.1) is 23.7 Å². The fourth-order valence-electron chi connectivity index (χ4n) is 5.83. The maximum atomic E-state index is 13.6. The van der Waals surface area contributed by atoms with Gasteiger partial charge in [-0.05, 0) is 42.9 Å². The molecule has 12 heteroatoms. The smallest absolute Gasteiger partial charge is 0.416 e. The fourth-order valence-corrected chi connectivity index (χ4v) is 7.54. The molecule has 3 heterocycles. The van der Waals surface area contributed by atoms with Crippen LogP contribution in [0, 0.1) is 5.92 Å². The van der Waals surface area contributed by atoms with Gasteiger partial charge in [0.25, 0.3) is 0 Å². The first kappa shape index (κ1) is 27.7. The van der Waals surface area contributed by atoms with Gasteiger partial charge < -0.3 is 19.8 Å². The summed E-state index contributed by atoms with van der Waals surface area (Å²) in [5.74, 6) is -3.40. The molecule has 0 bridgehead atoms. The Morgan fingerprint density at radius 3 is 2.42 bits per heavy atom. The summed E-state index contributed by atoms with van der Waals surface area (Å²) in [6, 6.07) is 15.3. The number of para-hydroxylation sites is 1. The summed E-state index contributed by atoms with van der Waals surface area (Å²) in [5, 5.41) is 20.7. The Bertz CT molecular complexity index is 1540. The highest BCUT2D eigenvalue weighted by Crippen LogP contribution is 2.33. The highest BCUT2D eigenvalue weighted by molar-refractivity contribution is 7.89. The van der Waals surface area contributed by atoms with E-state index in [1.165, 1.54) is 4.90 Å². The van der Waals surface area contributed by atoms with Crippen molar-refractivity contribution in [2.24, 2.45) is 5.92 Å². The van der Waals surface area contributed by atoms with Crippen molar-refractivity contribution in [2.45, 2.75) is 44.9 Å². The number of aromatic nitrogens is 1. The van der Waals surface area contributed by atoms with Gasteiger partial charge in [-0.15, -0.1) is 0 Å². The van der Waals surface area contributed by atoms with Crippen LogP contribution < -0.4 is 0 Å². The summed E-state index contributed by atoms with van der Waals surface area (Å²) >= 11 is 0. The lowest BCUT2D eigenvalue weighted by atomic mass is 9.92. The third-order valence-electron chi connectivity index (χ3n) is 7.77. The molecule has 2 unspecified atom stereocenters. The van der Waals surface area contributed by atoms with Crippen molar-refractivity contribution in [1.29, 1.82) is 0 Å². The normalized spacial score (nSPS) is 18.7. The largest absolute Gasteiger partial charge is 0.481 e. The van der Waals surface area contributed by atoms with E-state index in [-0.39, 0.29) is 26.2 Å². The molecule has 2 aromatic carbocycles. The molecule has 2 atom stereocenters.